The lowest BCUT2D eigenvalue weighted by atomic mass is 10.1. The SMILES string of the molecule is O=C(CCCC(=O)c1ccc(F)cc1)NCC(=O)Nc1cn[nH]c1. The summed E-state index contributed by atoms with van der Waals surface area (Å²) in [7, 11) is 0. The number of rotatable bonds is 8. The molecule has 0 radical (unpaired) electrons. The van der Waals surface area contributed by atoms with Crippen LogP contribution in [0.1, 0.15) is 29.6 Å². The van der Waals surface area contributed by atoms with E-state index in [1.54, 1.807) is 0 Å². The molecule has 2 aromatic rings. The maximum atomic E-state index is 12.8. The zero-order valence-corrected chi connectivity index (χ0v) is 12.8. The highest BCUT2D eigenvalue weighted by Gasteiger charge is 2.09. The summed E-state index contributed by atoms with van der Waals surface area (Å²) in [4.78, 5) is 35.1. The number of hydrogen-bond donors (Lipinski definition) is 3. The first-order valence-corrected chi connectivity index (χ1v) is 7.38. The van der Waals surface area contributed by atoms with Crippen molar-refractivity contribution in [1.29, 1.82) is 0 Å². The van der Waals surface area contributed by atoms with Crippen LogP contribution in [-0.2, 0) is 9.59 Å². The van der Waals surface area contributed by atoms with Crippen molar-refractivity contribution in [3.8, 4) is 0 Å². The number of carbonyl (C=O) groups is 3. The molecular formula is C16H17FN4O3. The number of H-pyrrole nitrogens is 1. The highest BCUT2D eigenvalue weighted by Crippen LogP contribution is 2.08. The van der Waals surface area contributed by atoms with E-state index in [9.17, 15) is 18.8 Å². The van der Waals surface area contributed by atoms with Gasteiger partial charge in [0.15, 0.2) is 5.78 Å². The highest BCUT2D eigenvalue weighted by molar-refractivity contribution is 5.96. The fourth-order valence-corrected chi connectivity index (χ4v) is 1.98. The first-order valence-electron chi connectivity index (χ1n) is 7.38. The third-order valence-electron chi connectivity index (χ3n) is 3.20. The van der Waals surface area contributed by atoms with Crippen molar-refractivity contribution in [2.24, 2.45) is 0 Å². The Morgan fingerprint density at radius 3 is 2.50 bits per heavy atom. The van der Waals surface area contributed by atoms with Crippen molar-refractivity contribution >= 4 is 23.3 Å². The predicted molar refractivity (Wildman–Crippen MR) is 84.8 cm³/mol. The Kier molecular flexibility index (Phi) is 6.18. The van der Waals surface area contributed by atoms with Gasteiger partial charge in [0.1, 0.15) is 5.82 Å². The van der Waals surface area contributed by atoms with Crippen molar-refractivity contribution in [1.82, 2.24) is 15.5 Å². The van der Waals surface area contributed by atoms with Gasteiger partial charge in [-0.05, 0) is 30.7 Å². The third kappa shape index (κ3) is 5.64. The van der Waals surface area contributed by atoms with E-state index in [4.69, 9.17) is 0 Å². The van der Waals surface area contributed by atoms with Gasteiger partial charge in [0.05, 0.1) is 18.4 Å². The maximum Gasteiger partial charge on any atom is 0.243 e. The maximum absolute atomic E-state index is 12.8. The van der Waals surface area contributed by atoms with E-state index < -0.39 is 5.82 Å². The molecule has 7 nitrogen and oxygen atoms in total. The summed E-state index contributed by atoms with van der Waals surface area (Å²) in [5, 5.41) is 11.2. The number of Topliss-reactive ketones (excluding diaryl/α,β-unsaturated/α-hetero) is 1. The molecule has 0 atom stereocenters. The molecule has 126 valence electrons. The van der Waals surface area contributed by atoms with Crippen LogP contribution in [0.15, 0.2) is 36.7 Å². The van der Waals surface area contributed by atoms with Crippen molar-refractivity contribution in [3.05, 3.63) is 48.0 Å². The topological polar surface area (TPSA) is 104 Å². The van der Waals surface area contributed by atoms with Gasteiger partial charge in [0.2, 0.25) is 11.8 Å². The van der Waals surface area contributed by atoms with Crippen molar-refractivity contribution in [2.45, 2.75) is 19.3 Å². The molecule has 8 heteroatoms. The Balaban J connectivity index is 1.63. The molecule has 0 unspecified atom stereocenters. The monoisotopic (exact) mass is 332 g/mol. The van der Waals surface area contributed by atoms with Crippen molar-refractivity contribution < 1.29 is 18.8 Å². The van der Waals surface area contributed by atoms with Crippen LogP contribution in [0.25, 0.3) is 0 Å². The van der Waals surface area contributed by atoms with E-state index in [2.05, 4.69) is 20.8 Å². The van der Waals surface area contributed by atoms with Gasteiger partial charge in [-0.3, -0.25) is 19.5 Å². The Hall–Kier alpha value is -3.03. The molecule has 0 aliphatic carbocycles. The number of benzene rings is 1. The lowest BCUT2D eigenvalue weighted by molar-refractivity contribution is -0.124. The van der Waals surface area contributed by atoms with Gasteiger partial charge < -0.3 is 10.6 Å². The van der Waals surface area contributed by atoms with Gasteiger partial charge in [-0.2, -0.15) is 5.10 Å². The molecule has 2 rings (SSSR count). The Morgan fingerprint density at radius 2 is 1.83 bits per heavy atom. The molecule has 0 bridgehead atoms. The zero-order valence-electron chi connectivity index (χ0n) is 12.8. The van der Waals surface area contributed by atoms with Crippen molar-refractivity contribution in [2.75, 3.05) is 11.9 Å². The van der Waals surface area contributed by atoms with E-state index in [0.717, 1.165) is 0 Å². The molecule has 0 spiro atoms. The predicted octanol–water partition coefficient (Wildman–Crippen LogP) is 1.66. The van der Waals surface area contributed by atoms with E-state index in [1.165, 1.54) is 36.7 Å². The van der Waals surface area contributed by atoms with Crippen LogP contribution in [0.2, 0.25) is 0 Å². The summed E-state index contributed by atoms with van der Waals surface area (Å²) >= 11 is 0. The number of halogens is 1. The molecule has 1 heterocycles. The Bertz CT molecular complexity index is 699. The van der Waals surface area contributed by atoms with E-state index in [0.29, 0.717) is 17.7 Å². The summed E-state index contributed by atoms with van der Waals surface area (Å²) in [5.41, 5.74) is 0.926. The van der Waals surface area contributed by atoms with Gasteiger partial charge in [-0.1, -0.05) is 0 Å². The number of anilines is 1. The zero-order chi connectivity index (χ0) is 17.4. The summed E-state index contributed by atoms with van der Waals surface area (Å²) < 4.78 is 12.8. The van der Waals surface area contributed by atoms with Crippen LogP contribution in [0, 0.1) is 5.82 Å². The molecule has 0 aliphatic rings. The van der Waals surface area contributed by atoms with E-state index in [-0.39, 0.29) is 37.0 Å². The summed E-state index contributed by atoms with van der Waals surface area (Å²) in [6.45, 7) is -0.157. The molecule has 24 heavy (non-hydrogen) atoms. The van der Waals surface area contributed by atoms with Crippen LogP contribution >= 0.6 is 0 Å². The van der Waals surface area contributed by atoms with Gasteiger partial charge in [0, 0.05) is 24.6 Å². The molecule has 0 saturated heterocycles. The number of amides is 2. The second-order valence-corrected chi connectivity index (χ2v) is 5.10. The number of aromatic nitrogens is 2. The van der Waals surface area contributed by atoms with Crippen LogP contribution in [-0.4, -0.2) is 34.3 Å². The average Bonchev–Trinajstić information content (AvgIpc) is 3.06. The quantitative estimate of drug-likeness (QED) is 0.639. The smallest absolute Gasteiger partial charge is 0.243 e. The Morgan fingerprint density at radius 1 is 1.08 bits per heavy atom. The average molecular weight is 332 g/mol. The minimum atomic E-state index is -0.403. The number of ketones is 1. The van der Waals surface area contributed by atoms with Crippen LogP contribution in [0.3, 0.4) is 0 Å². The molecule has 0 saturated carbocycles. The summed E-state index contributed by atoms with van der Waals surface area (Å²) in [5.74, 6) is -1.24. The lowest BCUT2D eigenvalue weighted by Gasteiger charge is -2.05. The molecular weight excluding hydrogens is 315 g/mol. The number of nitrogens with zero attached hydrogens (tertiary/aromatic N) is 1. The molecule has 0 aliphatic heterocycles. The van der Waals surface area contributed by atoms with Gasteiger partial charge in [-0.25, -0.2) is 4.39 Å². The largest absolute Gasteiger partial charge is 0.347 e. The second-order valence-electron chi connectivity index (χ2n) is 5.10. The minimum absolute atomic E-state index is 0.131. The normalized spacial score (nSPS) is 10.2. The summed E-state index contributed by atoms with van der Waals surface area (Å²) in [6.07, 6.45) is 3.62. The Labute approximate surface area is 137 Å². The molecule has 0 fully saturated rings. The first kappa shape index (κ1) is 17.3. The van der Waals surface area contributed by atoms with Crippen LogP contribution in [0.5, 0.6) is 0 Å². The lowest BCUT2D eigenvalue weighted by Crippen LogP contribution is -2.32. The molecule has 1 aromatic heterocycles. The van der Waals surface area contributed by atoms with E-state index >= 15 is 0 Å². The van der Waals surface area contributed by atoms with Gasteiger partial charge in [-0.15, -0.1) is 0 Å². The number of hydrogen-bond acceptors (Lipinski definition) is 4. The van der Waals surface area contributed by atoms with Crippen LogP contribution < -0.4 is 10.6 Å². The third-order valence-corrected chi connectivity index (χ3v) is 3.20. The van der Waals surface area contributed by atoms with Crippen molar-refractivity contribution in [3.63, 3.8) is 0 Å². The highest BCUT2D eigenvalue weighted by atomic mass is 19.1. The molecule has 2 amide bonds. The number of carbonyl (C=O) groups excluding carboxylic acids is 3. The van der Waals surface area contributed by atoms with E-state index in [1.807, 2.05) is 0 Å². The fourth-order valence-electron chi connectivity index (χ4n) is 1.98. The molecule has 3 N–H and O–H groups in total. The number of nitrogens with one attached hydrogen (secondary N) is 3. The van der Waals surface area contributed by atoms with Crippen LogP contribution in [0.4, 0.5) is 10.1 Å². The fraction of sp³-hybridized carbons (Fsp3) is 0.250. The second kappa shape index (κ2) is 8.56. The number of aromatic amines is 1. The van der Waals surface area contributed by atoms with Gasteiger partial charge >= 0.3 is 0 Å². The van der Waals surface area contributed by atoms with Gasteiger partial charge in [0.25, 0.3) is 0 Å². The molecule has 1 aromatic carbocycles. The first-order chi connectivity index (χ1) is 11.5. The standard InChI is InChI=1S/C16H17FN4O3/c17-12-6-4-11(5-7-12)14(22)2-1-3-15(23)18-10-16(24)21-13-8-19-20-9-13/h4-9H,1-3,10H2,(H,18,23)(H,19,20)(H,21,24). The minimum Gasteiger partial charge on any atom is -0.347 e. The summed E-state index contributed by atoms with van der Waals surface area (Å²) in [6, 6.07) is 5.27.